The van der Waals surface area contributed by atoms with Crippen LogP contribution in [0, 0.1) is 11.6 Å². The van der Waals surface area contributed by atoms with Crippen LogP contribution in [0.2, 0.25) is 0 Å². The van der Waals surface area contributed by atoms with Gasteiger partial charge in [-0.2, -0.15) is 4.98 Å². The van der Waals surface area contributed by atoms with Crippen molar-refractivity contribution in [3.05, 3.63) is 35.7 Å². The number of aromatic nitrogens is 2. The van der Waals surface area contributed by atoms with Crippen molar-refractivity contribution in [3.8, 4) is 11.4 Å². The first-order chi connectivity index (χ1) is 10.5. The molecular formula is C14H15F2N3O3. The van der Waals surface area contributed by atoms with Crippen molar-refractivity contribution in [1.82, 2.24) is 15.5 Å². The van der Waals surface area contributed by atoms with Crippen molar-refractivity contribution in [2.75, 3.05) is 0 Å². The summed E-state index contributed by atoms with van der Waals surface area (Å²) < 4.78 is 31.0. The number of aliphatic carboxylic acids is 1. The van der Waals surface area contributed by atoms with Gasteiger partial charge in [-0.15, -0.1) is 0 Å². The Labute approximate surface area is 125 Å². The van der Waals surface area contributed by atoms with E-state index in [0.717, 1.165) is 12.1 Å². The highest BCUT2D eigenvalue weighted by Crippen LogP contribution is 2.18. The predicted molar refractivity (Wildman–Crippen MR) is 72.8 cm³/mol. The first kappa shape index (κ1) is 16.0. The Kier molecular flexibility index (Phi) is 5.16. The minimum atomic E-state index is -1.00. The molecule has 22 heavy (non-hydrogen) atoms. The number of hydrogen-bond donors (Lipinski definition) is 2. The molecule has 0 bridgehead atoms. The van der Waals surface area contributed by atoms with Crippen LogP contribution in [0.4, 0.5) is 8.78 Å². The molecule has 0 aliphatic rings. The van der Waals surface area contributed by atoms with E-state index in [0.29, 0.717) is 12.8 Å². The molecule has 2 aromatic rings. The maximum absolute atomic E-state index is 13.2. The largest absolute Gasteiger partial charge is 0.480 e. The summed E-state index contributed by atoms with van der Waals surface area (Å²) in [6.45, 7) is 1.96. The lowest BCUT2D eigenvalue weighted by Crippen LogP contribution is -2.36. The molecule has 0 radical (unpaired) electrons. The quantitative estimate of drug-likeness (QED) is 0.816. The molecule has 0 aliphatic heterocycles. The Morgan fingerprint density at radius 3 is 2.82 bits per heavy atom. The number of rotatable bonds is 7. The first-order valence-corrected chi connectivity index (χ1v) is 6.75. The van der Waals surface area contributed by atoms with Crippen molar-refractivity contribution >= 4 is 5.97 Å². The minimum Gasteiger partial charge on any atom is -0.480 e. The molecule has 0 fully saturated rings. The third-order valence-corrected chi connectivity index (χ3v) is 3.02. The SMILES string of the molecule is CCCC(NCc1nc(-c2ccc(F)c(F)c2)no1)C(=O)O. The summed E-state index contributed by atoms with van der Waals surface area (Å²) >= 11 is 0. The van der Waals surface area contributed by atoms with Gasteiger partial charge < -0.3 is 9.63 Å². The molecule has 1 heterocycles. The van der Waals surface area contributed by atoms with Gasteiger partial charge in [0.05, 0.1) is 6.54 Å². The Bertz CT molecular complexity index is 661. The lowest BCUT2D eigenvalue weighted by molar-refractivity contribution is -0.139. The van der Waals surface area contributed by atoms with Gasteiger partial charge in [0.1, 0.15) is 6.04 Å². The Morgan fingerprint density at radius 2 is 2.18 bits per heavy atom. The fraction of sp³-hybridized carbons (Fsp3) is 0.357. The average Bonchev–Trinajstić information content (AvgIpc) is 2.95. The van der Waals surface area contributed by atoms with E-state index in [9.17, 15) is 13.6 Å². The molecule has 6 nitrogen and oxygen atoms in total. The van der Waals surface area contributed by atoms with Crippen LogP contribution in [-0.4, -0.2) is 27.3 Å². The molecular weight excluding hydrogens is 296 g/mol. The maximum Gasteiger partial charge on any atom is 0.320 e. The highest BCUT2D eigenvalue weighted by atomic mass is 19.2. The van der Waals surface area contributed by atoms with Crippen molar-refractivity contribution in [2.24, 2.45) is 0 Å². The summed E-state index contributed by atoms with van der Waals surface area (Å²) in [7, 11) is 0. The molecule has 0 saturated carbocycles. The fourth-order valence-electron chi connectivity index (χ4n) is 1.89. The molecule has 0 amide bonds. The van der Waals surface area contributed by atoms with Gasteiger partial charge >= 0.3 is 5.97 Å². The standard InChI is InChI=1S/C14H15F2N3O3/c1-2-3-11(14(20)21)17-7-12-18-13(19-22-12)8-4-5-9(15)10(16)6-8/h4-6,11,17H,2-3,7H2,1H3,(H,20,21). The predicted octanol–water partition coefficient (Wildman–Crippen LogP) is 2.36. The second kappa shape index (κ2) is 7.08. The molecule has 8 heteroatoms. The molecule has 0 saturated heterocycles. The summed E-state index contributed by atoms with van der Waals surface area (Å²) in [4.78, 5) is 15.0. The number of hydrogen-bond acceptors (Lipinski definition) is 5. The third-order valence-electron chi connectivity index (χ3n) is 3.02. The number of carboxylic acid groups (broad SMARTS) is 1. The van der Waals surface area contributed by atoms with Crippen LogP contribution in [0.3, 0.4) is 0 Å². The topological polar surface area (TPSA) is 88.3 Å². The molecule has 1 aromatic carbocycles. The molecule has 2 N–H and O–H groups in total. The third kappa shape index (κ3) is 3.85. The zero-order valence-electron chi connectivity index (χ0n) is 11.8. The fourth-order valence-corrected chi connectivity index (χ4v) is 1.89. The van der Waals surface area contributed by atoms with E-state index in [1.165, 1.54) is 6.07 Å². The van der Waals surface area contributed by atoms with Crippen LogP contribution in [-0.2, 0) is 11.3 Å². The number of benzene rings is 1. The van der Waals surface area contributed by atoms with Gasteiger partial charge in [0, 0.05) is 5.56 Å². The highest BCUT2D eigenvalue weighted by molar-refractivity contribution is 5.73. The molecule has 1 atom stereocenters. The van der Waals surface area contributed by atoms with Crippen molar-refractivity contribution in [2.45, 2.75) is 32.4 Å². The van der Waals surface area contributed by atoms with Crippen molar-refractivity contribution in [1.29, 1.82) is 0 Å². The van der Waals surface area contributed by atoms with Gasteiger partial charge in [-0.25, -0.2) is 8.78 Å². The summed E-state index contributed by atoms with van der Waals surface area (Å²) in [5.41, 5.74) is 0.275. The zero-order chi connectivity index (χ0) is 16.1. The van der Waals surface area contributed by atoms with Gasteiger partial charge in [0.25, 0.3) is 0 Å². The van der Waals surface area contributed by atoms with Gasteiger partial charge in [-0.05, 0) is 24.6 Å². The summed E-state index contributed by atoms with van der Waals surface area (Å²) in [6, 6.07) is 2.57. The van der Waals surface area contributed by atoms with Crippen molar-refractivity contribution < 1.29 is 23.2 Å². The second-order valence-electron chi connectivity index (χ2n) is 4.70. The van der Waals surface area contributed by atoms with E-state index in [1.807, 2.05) is 6.92 Å². The number of nitrogens with zero attached hydrogens (tertiary/aromatic N) is 2. The molecule has 2 rings (SSSR count). The van der Waals surface area contributed by atoms with Crippen LogP contribution in [0.1, 0.15) is 25.7 Å². The Balaban J connectivity index is 2.05. The van der Waals surface area contributed by atoms with Crippen LogP contribution >= 0.6 is 0 Å². The molecule has 1 aromatic heterocycles. The van der Waals surface area contributed by atoms with Crippen LogP contribution in [0.25, 0.3) is 11.4 Å². The Hall–Kier alpha value is -2.35. The zero-order valence-corrected chi connectivity index (χ0v) is 11.8. The lowest BCUT2D eigenvalue weighted by atomic mass is 10.2. The van der Waals surface area contributed by atoms with Gasteiger partial charge in [0.2, 0.25) is 11.7 Å². The van der Waals surface area contributed by atoms with Gasteiger partial charge in [-0.1, -0.05) is 18.5 Å². The summed E-state index contributed by atoms with van der Waals surface area (Å²) in [5.74, 6) is -2.64. The number of halogens is 2. The minimum absolute atomic E-state index is 0.0770. The number of carbonyl (C=O) groups is 1. The van der Waals surface area contributed by atoms with Gasteiger partial charge in [0.15, 0.2) is 11.6 Å². The number of carboxylic acids is 1. The molecule has 0 spiro atoms. The van der Waals surface area contributed by atoms with E-state index in [1.54, 1.807) is 0 Å². The Morgan fingerprint density at radius 1 is 1.41 bits per heavy atom. The lowest BCUT2D eigenvalue weighted by Gasteiger charge is -2.11. The molecule has 118 valence electrons. The smallest absolute Gasteiger partial charge is 0.320 e. The first-order valence-electron chi connectivity index (χ1n) is 6.75. The average molecular weight is 311 g/mol. The van der Waals surface area contributed by atoms with Crippen LogP contribution in [0.5, 0.6) is 0 Å². The van der Waals surface area contributed by atoms with E-state index < -0.39 is 23.6 Å². The summed E-state index contributed by atoms with van der Waals surface area (Å²) in [5, 5.41) is 15.5. The monoisotopic (exact) mass is 311 g/mol. The molecule has 0 aliphatic carbocycles. The van der Waals surface area contributed by atoms with Gasteiger partial charge in [-0.3, -0.25) is 10.1 Å². The van der Waals surface area contributed by atoms with Crippen molar-refractivity contribution in [3.63, 3.8) is 0 Å². The summed E-state index contributed by atoms with van der Waals surface area (Å²) in [6.07, 6.45) is 1.19. The van der Waals surface area contributed by atoms with E-state index >= 15 is 0 Å². The van der Waals surface area contributed by atoms with E-state index in [2.05, 4.69) is 15.5 Å². The van der Waals surface area contributed by atoms with E-state index in [-0.39, 0.29) is 23.8 Å². The van der Waals surface area contributed by atoms with Crippen LogP contribution in [0.15, 0.2) is 22.7 Å². The maximum atomic E-state index is 13.2. The van der Waals surface area contributed by atoms with Crippen LogP contribution < -0.4 is 5.32 Å². The van der Waals surface area contributed by atoms with E-state index in [4.69, 9.17) is 9.63 Å². The normalized spacial score (nSPS) is 12.3. The number of nitrogens with one attached hydrogen (secondary N) is 1. The second-order valence-corrected chi connectivity index (χ2v) is 4.70. The molecule has 1 unspecified atom stereocenters. The highest BCUT2D eigenvalue weighted by Gasteiger charge is 2.17.